The number of carbonyl (C=O) groups excluding carboxylic acids is 1. The van der Waals surface area contributed by atoms with Gasteiger partial charge in [-0.05, 0) is 48.0 Å². The highest BCUT2D eigenvalue weighted by molar-refractivity contribution is 6.28. The lowest BCUT2D eigenvalue weighted by Gasteiger charge is -2.09. The third-order valence-electron chi connectivity index (χ3n) is 3.23. The van der Waals surface area contributed by atoms with Gasteiger partial charge in [0.1, 0.15) is 11.5 Å². The summed E-state index contributed by atoms with van der Waals surface area (Å²) in [7, 11) is 0. The zero-order chi connectivity index (χ0) is 17.6. The summed E-state index contributed by atoms with van der Waals surface area (Å²) in [5.41, 5.74) is 1.32. The van der Waals surface area contributed by atoms with E-state index in [0.29, 0.717) is 27.6 Å². The molecule has 2 amide bonds. The molecule has 0 saturated carbocycles. The van der Waals surface area contributed by atoms with Gasteiger partial charge >= 0.3 is 6.03 Å². The third kappa shape index (κ3) is 4.62. The van der Waals surface area contributed by atoms with Crippen LogP contribution in [0.15, 0.2) is 72.9 Å². The summed E-state index contributed by atoms with van der Waals surface area (Å²) in [4.78, 5) is 11.9. The van der Waals surface area contributed by atoms with Crippen LogP contribution < -0.4 is 20.1 Å². The van der Waals surface area contributed by atoms with Crippen molar-refractivity contribution in [3.05, 3.63) is 83.3 Å². The number of ether oxygens (including phenoxy) is 1. The summed E-state index contributed by atoms with van der Waals surface area (Å²) in [5, 5.41) is 16.7. The van der Waals surface area contributed by atoms with Crippen molar-refractivity contribution in [1.29, 1.82) is 0 Å². The van der Waals surface area contributed by atoms with Crippen molar-refractivity contribution in [2.24, 2.45) is 0 Å². The number of anilines is 2. The van der Waals surface area contributed by atoms with Gasteiger partial charge in [-0.15, -0.1) is 0 Å². The zero-order valence-corrected chi connectivity index (χ0v) is 13.7. The molecule has 25 heavy (non-hydrogen) atoms. The fourth-order valence-corrected chi connectivity index (χ4v) is 2.23. The highest BCUT2D eigenvalue weighted by atomic mass is 35.5. The van der Waals surface area contributed by atoms with Crippen LogP contribution in [-0.2, 0) is 0 Å². The standard InChI is InChI=1S/C18H14ClN3O3/c19-17-12-16(10-11-22(17)24)25-15-8-6-14(7-9-15)21-18(23)20-13-4-2-1-3-5-13/h1-12H,(H2,20,21,23). The number of benzene rings is 2. The lowest BCUT2D eigenvalue weighted by atomic mass is 10.3. The summed E-state index contributed by atoms with van der Waals surface area (Å²) in [6, 6.07) is 18.6. The molecule has 2 aromatic carbocycles. The average molecular weight is 356 g/mol. The fraction of sp³-hybridized carbons (Fsp3) is 0. The Morgan fingerprint density at radius 3 is 2.20 bits per heavy atom. The smallest absolute Gasteiger partial charge is 0.323 e. The summed E-state index contributed by atoms with van der Waals surface area (Å²) in [6.45, 7) is 0. The molecule has 0 unspecified atom stereocenters. The SMILES string of the molecule is O=C(Nc1ccccc1)Nc1ccc(Oc2cc[n+]([O-])c(Cl)c2)cc1. The number of halogens is 1. The molecule has 1 aromatic heterocycles. The number of amides is 2. The summed E-state index contributed by atoms with van der Waals surface area (Å²) >= 11 is 5.75. The van der Waals surface area contributed by atoms with Crippen molar-refractivity contribution < 1.29 is 14.3 Å². The van der Waals surface area contributed by atoms with Gasteiger partial charge in [-0.3, -0.25) is 0 Å². The Labute approximate surface area is 149 Å². The van der Waals surface area contributed by atoms with Crippen molar-refractivity contribution in [1.82, 2.24) is 0 Å². The van der Waals surface area contributed by atoms with Crippen LogP contribution >= 0.6 is 11.6 Å². The van der Waals surface area contributed by atoms with Crippen molar-refractivity contribution in [3.8, 4) is 11.5 Å². The van der Waals surface area contributed by atoms with E-state index in [-0.39, 0.29) is 11.2 Å². The summed E-state index contributed by atoms with van der Waals surface area (Å²) in [6.07, 6.45) is 1.27. The molecule has 0 aliphatic carbocycles. The minimum absolute atomic E-state index is 0.0216. The van der Waals surface area contributed by atoms with Crippen LogP contribution in [0.25, 0.3) is 0 Å². The first-order valence-electron chi connectivity index (χ1n) is 7.40. The molecule has 7 heteroatoms. The third-order valence-corrected chi connectivity index (χ3v) is 3.50. The average Bonchev–Trinajstić information content (AvgIpc) is 2.61. The second-order valence-corrected chi connectivity index (χ2v) is 5.47. The van der Waals surface area contributed by atoms with Gasteiger partial charge in [-0.25, -0.2) is 4.79 Å². The first kappa shape index (κ1) is 16.6. The predicted octanol–water partition coefficient (Wildman–Crippen LogP) is 4.41. The number of hydrogen-bond donors (Lipinski definition) is 2. The van der Waals surface area contributed by atoms with Crippen LogP contribution in [-0.4, -0.2) is 6.03 Å². The molecule has 3 rings (SSSR count). The number of carbonyl (C=O) groups is 1. The molecule has 0 fully saturated rings. The van der Waals surface area contributed by atoms with Crippen molar-refractivity contribution in [2.45, 2.75) is 0 Å². The van der Waals surface area contributed by atoms with Gasteiger partial charge in [0.25, 0.3) is 5.15 Å². The number of para-hydroxylation sites is 1. The van der Waals surface area contributed by atoms with Gasteiger partial charge < -0.3 is 20.6 Å². The molecule has 3 aromatic rings. The molecule has 0 aliphatic heterocycles. The van der Waals surface area contributed by atoms with Gasteiger partial charge in [-0.1, -0.05) is 18.2 Å². The Morgan fingerprint density at radius 1 is 0.920 bits per heavy atom. The lowest BCUT2D eigenvalue weighted by molar-refractivity contribution is -0.603. The van der Waals surface area contributed by atoms with E-state index in [2.05, 4.69) is 10.6 Å². The molecule has 0 radical (unpaired) electrons. The summed E-state index contributed by atoms with van der Waals surface area (Å²) in [5.74, 6) is 0.994. The number of nitrogens with one attached hydrogen (secondary N) is 2. The van der Waals surface area contributed by atoms with Crippen molar-refractivity contribution in [2.75, 3.05) is 10.6 Å². The zero-order valence-electron chi connectivity index (χ0n) is 13.0. The maximum absolute atomic E-state index is 11.9. The van der Waals surface area contributed by atoms with Crippen molar-refractivity contribution in [3.63, 3.8) is 0 Å². The summed E-state index contributed by atoms with van der Waals surface area (Å²) < 4.78 is 6.14. The Hall–Kier alpha value is -3.25. The molecular formula is C18H14ClN3O3. The van der Waals surface area contributed by atoms with E-state index < -0.39 is 0 Å². The van der Waals surface area contributed by atoms with Crippen LogP contribution in [0.1, 0.15) is 0 Å². The van der Waals surface area contributed by atoms with E-state index >= 15 is 0 Å². The van der Waals surface area contributed by atoms with E-state index in [1.54, 1.807) is 36.4 Å². The minimum Gasteiger partial charge on any atom is -0.618 e. The molecule has 0 spiro atoms. The van der Waals surface area contributed by atoms with Crippen LogP contribution in [0.5, 0.6) is 11.5 Å². The van der Waals surface area contributed by atoms with E-state index in [9.17, 15) is 10.0 Å². The van der Waals surface area contributed by atoms with Gasteiger partial charge in [0.15, 0.2) is 6.20 Å². The molecule has 0 bridgehead atoms. The Kier molecular flexibility index (Phi) is 5.01. The number of urea groups is 1. The monoisotopic (exact) mass is 355 g/mol. The molecule has 1 heterocycles. The maximum atomic E-state index is 11.9. The molecule has 6 nitrogen and oxygen atoms in total. The Bertz CT molecular complexity index is 870. The quantitative estimate of drug-likeness (QED) is 0.413. The predicted molar refractivity (Wildman–Crippen MR) is 96.0 cm³/mol. The number of pyridine rings is 1. The number of aromatic nitrogens is 1. The molecule has 2 N–H and O–H groups in total. The maximum Gasteiger partial charge on any atom is 0.323 e. The molecule has 0 saturated heterocycles. The van der Waals surface area contributed by atoms with E-state index in [0.717, 1.165) is 0 Å². The van der Waals surface area contributed by atoms with Gasteiger partial charge in [-0.2, -0.15) is 4.73 Å². The first-order valence-corrected chi connectivity index (χ1v) is 7.78. The second-order valence-electron chi connectivity index (χ2n) is 5.08. The lowest BCUT2D eigenvalue weighted by Crippen LogP contribution is -2.26. The van der Waals surface area contributed by atoms with E-state index in [1.165, 1.54) is 18.3 Å². The van der Waals surface area contributed by atoms with Crippen LogP contribution in [0.3, 0.4) is 0 Å². The highest BCUT2D eigenvalue weighted by Crippen LogP contribution is 2.24. The van der Waals surface area contributed by atoms with Crippen LogP contribution in [0, 0.1) is 5.21 Å². The largest absolute Gasteiger partial charge is 0.618 e. The Balaban J connectivity index is 1.60. The minimum atomic E-state index is -0.338. The van der Waals surface area contributed by atoms with Gasteiger partial charge in [0.2, 0.25) is 0 Å². The number of hydrogen-bond acceptors (Lipinski definition) is 3. The molecule has 0 aliphatic rings. The first-order chi connectivity index (χ1) is 12.1. The van der Waals surface area contributed by atoms with Crippen molar-refractivity contribution >= 4 is 29.0 Å². The topological polar surface area (TPSA) is 77.3 Å². The fourth-order valence-electron chi connectivity index (χ4n) is 2.06. The molecule has 126 valence electrons. The van der Waals surface area contributed by atoms with E-state index in [1.807, 2.05) is 18.2 Å². The van der Waals surface area contributed by atoms with Crippen LogP contribution in [0.4, 0.5) is 16.2 Å². The van der Waals surface area contributed by atoms with E-state index in [4.69, 9.17) is 16.3 Å². The Morgan fingerprint density at radius 2 is 1.56 bits per heavy atom. The normalized spacial score (nSPS) is 10.1. The number of nitrogens with zero attached hydrogens (tertiary/aromatic N) is 1. The number of rotatable bonds is 4. The molecular weight excluding hydrogens is 342 g/mol. The second kappa shape index (κ2) is 7.55. The van der Waals surface area contributed by atoms with Crippen LogP contribution in [0.2, 0.25) is 5.15 Å². The molecule has 0 atom stereocenters. The van der Waals surface area contributed by atoms with Gasteiger partial charge in [0.05, 0.1) is 6.07 Å². The van der Waals surface area contributed by atoms with Gasteiger partial charge in [0, 0.05) is 17.4 Å². The highest BCUT2D eigenvalue weighted by Gasteiger charge is 2.06.